The molecule has 0 fully saturated rings. The van der Waals surface area contributed by atoms with Gasteiger partial charge in [0.05, 0.1) is 11.4 Å². The Kier molecular flexibility index (Phi) is 4.15. The van der Waals surface area contributed by atoms with Crippen LogP contribution in [0, 0.1) is 13.8 Å². The van der Waals surface area contributed by atoms with Crippen molar-refractivity contribution in [2.24, 2.45) is 0 Å². The number of sulfone groups is 1. The van der Waals surface area contributed by atoms with Crippen LogP contribution in [-0.2, 0) is 9.84 Å². The quantitative estimate of drug-likeness (QED) is 0.842. The van der Waals surface area contributed by atoms with Crippen LogP contribution in [0.4, 0.5) is 8.78 Å². The van der Waals surface area contributed by atoms with E-state index >= 15 is 0 Å². The second-order valence-corrected chi connectivity index (χ2v) is 6.71. The standard InChI is InChI=1S/C9H11F2NO2S2/c1-6-7(2)15-9(12-6)16(13,14)5-3-4-8(10)11/h4H,3,5H2,1-2H3. The Balaban J connectivity index is 2.82. The summed E-state index contributed by atoms with van der Waals surface area (Å²) in [6, 6.07) is 0. The highest BCUT2D eigenvalue weighted by atomic mass is 32.2. The van der Waals surface area contributed by atoms with Crippen molar-refractivity contribution in [3.63, 3.8) is 0 Å². The monoisotopic (exact) mass is 267 g/mol. The predicted molar refractivity (Wildman–Crippen MR) is 58.6 cm³/mol. The average molecular weight is 267 g/mol. The number of allylic oxidation sites excluding steroid dienone is 1. The van der Waals surface area contributed by atoms with E-state index in [1.807, 2.05) is 0 Å². The molecule has 0 amide bonds. The van der Waals surface area contributed by atoms with Crippen molar-refractivity contribution in [1.82, 2.24) is 4.98 Å². The molecule has 0 unspecified atom stereocenters. The summed E-state index contributed by atoms with van der Waals surface area (Å²) in [5.41, 5.74) is 0.663. The molecule has 7 heteroatoms. The third-order valence-corrected chi connectivity index (χ3v) is 5.24. The van der Waals surface area contributed by atoms with Gasteiger partial charge in [-0.2, -0.15) is 8.78 Å². The third kappa shape index (κ3) is 3.34. The van der Waals surface area contributed by atoms with Gasteiger partial charge in [-0.3, -0.25) is 0 Å². The molecule has 0 aliphatic rings. The van der Waals surface area contributed by atoms with Gasteiger partial charge >= 0.3 is 0 Å². The summed E-state index contributed by atoms with van der Waals surface area (Å²) in [5.74, 6) is -0.337. The molecule has 1 rings (SSSR count). The largest absolute Gasteiger partial charge is 0.266 e. The number of rotatable bonds is 4. The fourth-order valence-corrected chi connectivity index (χ4v) is 3.64. The Bertz CT molecular complexity index is 482. The Morgan fingerprint density at radius 3 is 2.50 bits per heavy atom. The maximum absolute atomic E-state index is 11.7. The molecule has 0 radical (unpaired) electrons. The first-order chi connectivity index (χ1) is 7.33. The van der Waals surface area contributed by atoms with Gasteiger partial charge in [0.15, 0.2) is 0 Å². The van der Waals surface area contributed by atoms with Gasteiger partial charge in [-0.15, -0.1) is 11.3 Å². The van der Waals surface area contributed by atoms with Crippen LogP contribution in [0.5, 0.6) is 0 Å². The molecule has 0 bridgehead atoms. The number of aromatic nitrogens is 1. The molecule has 0 aliphatic carbocycles. The normalized spacial score (nSPS) is 11.5. The van der Waals surface area contributed by atoms with Crippen molar-refractivity contribution < 1.29 is 17.2 Å². The van der Waals surface area contributed by atoms with Crippen LogP contribution >= 0.6 is 11.3 Å². The van der Waals surface area contributed by atoms with Crippen LogP contribution in [0.3, 0.4) is 0 Å². The first-order valence-corrected chi connectivity index (χ1v) is 6.98. The first kappa shape index (κ1) is 13.2. The van der Waals surface area contributed by atoms with Crippen molar-refractivity contribution in [1.29, 1.82) is 0 Å². The third-order valence-electron chi connectivity index (χ3n) is 1.96. The van der Waals surface area contributed by atoms with E-state index in [9.17, 15) is 17.2 Å². The number of halogens is 2. The van der Waals surface area contributed by atoms with Crippen molar-refractivity contribution in [2.45, 2.75) is 24.6 Å². The molecule has 0 atom stereocenters. The molecular formula is C9H11F2NO2S2. The number of nitrogens with zero attached hydrogens (tertiary/aromatic N) is 1. The van der Waals surface area contributed by atoms with Gasteiger partial charge < -0.3 is 0 Å². The average Bonchev–Trinajstić information content (AvgIpc) is 2.46. The van der Waals surface area contributed by atoms with Crippen molar-refractivity contribution in [3.8, 4) is 0 Å². The fourth-order valence-electron chi connectivity index (χ4n) is 0.987. The summed E-state index contributed by atoms with van der Waals surface area (Å²) < 4.78 is 46.8. The Morgan fingerprint density at radius 1 is 1.44 bits per heavy atom. The molecule has 0 spiro atoms. The number of thiazole rings is 1. The van der Waals surface area contributed by atoms with Crippen molar-refractivity contribution in [3.05, 3.63) is 22.7 Å². The second kappa shape index (κ2) is 5.01. The summed E-state index contributed by atoms with van der Waals surface area (Å²) in [7, 11) is -3.53. The second-order valence-electron chi connectivity index (χ2n) is 3.22. The van der Waals surface area contributed by atoms with Crippen LogP contribution in [0.2, 0.25) is 0 Å². The molecule has 3 nitrogen and oxygen atoms in total. The van der Waals surface area contributed by atoms with Gasteiger partial charge in [0.25, 0.3) is 6.08 Å². The highest BCUT2D eigenvalue weighted by Gasteiger charge is 2.19. The highest BCUT2D eigenvalue weighted by Crippen LogP contribution is 2.22. The van der Waals surface area contributed by atoms with Gasteiger partial charge in [-0.1, -0.05) is 0 Å². The minimum Gasteiger partial charge on any atom is -0.230 e. The van der Waals surface area contributed by atoms with E-state index in [2.05, 4.69) is 4.98 Å². The summed E-state index contributed by atoms with van der Waals surface area (Å²) in [5, 5.41) is 0. The lowest BCUT2D eigenvalue weighted by molar-refractivity contribution is 0.418. The topological polar surface area (TPSA) is 47.0 Å². The molecule has 1 aromatic rings. The molecule has 16 heavy (non-hydrogen) atoms. The van der Waals surface area contributed by atoms with Crippen LogP contribution in [0.15, 0.2) is 16.5 Å². The van der Waals surface area contributed by atoms with Crippen LogP contribution in [0.1, 0.15) is 17.0 Å². The van der Waals surface area contributed by atoms with E-state index < -0.39 is 15.9 Å². The Hall–Kier alpha value is -0.820. The Morgan fingerprint density at radius 2 is 2.06 bits per heavy atom. The van der Waals surface area contributed by atoms with E-state index in [4.69, 9.17) is 0 Å². The molecule has 1 aromatic heterocycles. The van der Waals surface area contributed by atoms with Crippen LogP contribution in [-0.4, -0.2) is 19.2 Å². The maximum Gasteiger partial charge on any atom is 0.266 e. The molecule has 0 saturated carbocycles. The van der Waals surface area contributed by atoms with Crippen molar-refractivity contribution >= 4 is 21.2 Å². The smallest absolute Gasteiger partial charge is 0.230 e. The van der Waals surface area contributed by atoms with Crippen LogP contribution < -0.4 is 0 Å². The van der Waals surface area contributed by atoms with Crippen LogP contribution in [0.25, 0.3) is 0 Å². The van der Waals surface area contributed by atoms with Crippen molar-refractivity contribution in [2.75, 3.05) is 5.75 Å². The fraction of sp³-hybridized carbons (Fsp3) is 0.444. The molecular weight excluding hydrogens is 256 g/mol. The highest BCUT2D eigenvalue weighted by molar-refractivity contribution is 7.93. The zero-order chi connectivity index (χ0) is 12.3. The maximum atomic E-state index is 11.7. The first-order valence-electron chi connectivity index (χ1n) is 4.51. The Labute approximate surface area is 96.7 Å². The zero-order valence-electron chi connectivity index (χ0n) is 8.83. The van der Waals surface area contributed by atoms with Gasteiger partial charge in [-0.25, -0.2) is 13.4 Å². The summed E-state index contributed by atoms with van der Waals surface area (Å²) in [4.78, 5) is 4.73. The van der Waals surface area contributed by atoms with Gasteiger partial charge in [0, 0.05) is 4.88 Å². The predicted octanol–water partition coefficient (Wildman–Crippen LogP) is 2.70. The van der Waals surface area contributed by atoms with E-state index in [0.717, 1.165) is 16.2 Å². The molecule has 90 valence electrons. The van der Waals surface area contributed by atoms with E-state index in [0.29, 0.717) is 11.8 Å². The number of aryl methyl sites for hydroxylation is 2. The van der Waals surface area contributed by atoms with Gasteiger partial charge in [0.2, 0.25) is 14.2 Å². The lowest BCUT2D eigenvalue weighted by Crippen LogP contribution is -2.05. The summed E-state index contributed by atoms with van der Waals surface area (Å²) >= 11 is 1.07. The summed E-state index contributed by atoms with van der Waals surface area (Å²) in [6.07, 6.45) is -1.45. The minimum absolute atomic E-state index is 0.00941. The van der Waals surface area contributed by atoms with E-state index in [1.54, 1.807) is 13.8 Å². The molecule has 1 heterocycles. The van der Waals surface area contributed by atoms with Gasteiger partial charge in [0.1, 0.15) is 0 Å². The number of hydrogen-bond acceptors (Lipinski definition) is 4. The number of hydrogen-bond donors (Lipinski definition) is 0. The zero-order valence-corrected chi connectivity index (χ0v) is 10.5. The van der Waals surface area contributed by atoms with E-state index in [-0.39, 0.29) is 16.5 Å². The lowest BCUT2D eigenvalue weighted by atomic mass is 10.4. The minimum atomic E-state index is -3.53. The van der Waals surface area contributed by atoms with E-state index in [1.165, 1.54) is 0 Å². The molecule has 0 saturated heterocycles. The molecule has 0 aliphatic heterocycles. The van der Waals surface area contributed by atoms with Gasteiger partial charge in [-0.05, 0) is 26.3 Å². The SMILES string of the molecule is Cc1nc(S(=O)(=O)CCC=C(F)F)sc1C. The summed E-state index contributed by atoms with van der Waals surface area (Å²) in [6.45, 7) is 3.49. The molecule has 0 aromatic carbocycles. The molecule has 0 N–H and O–H groups in total. The lowest BCUT2D eigenvalue weighted by Gasteiger charge is -1.96.